The van der Waals surface area contributed by atoms with Crippen LogP contribution in [0.1, 0.15) is 27.7 Å². The van der Waals surface area contributed by atoms with Crippen molar-refractivity contribution in [1.82, 2.24) is 5.06 Å². The van der Waals surface area contributed by atoms with Crippen molar-refractivity contribution in [3.8, 4) is 0 Å². The standard InChI is InChI=1S/C10H17NO6/c1-7(12)17-11(6-8(13)15-5)9(14)16-10(2,3)4/h6H2,1-5H3. The predicted molar refractivity (Wildman–Crippen MR) is 56.7 cm³/mol. The Morgan fingerprint density at radius 3 is 2.06 bits per heavy atom. The van der Waals surface area contributed by atoms with Crippen molar-refractivity contribution in [1.29, 1.82) is 0 Å². The largest absolute Gasteiger partial charge is 0.468 e. The highest BCUT2D eigenvalue weighted by Gasteiger charge is 2.26. The molecule has 0 bridgehead atoms. The van der Waals surface area contributed by atoms with E-state index in [1.54, 1.807) is 20.8 Å². The average Bonchev–Trinajstić information content (AvgIpc) is 2.13. The molecule has 0 radical (unpaired) electrons. The molecule has 0 saturated carbocycles. The Morgan fingerprint density at radius 2 is 1.71 bits per heavy atom. The molecule has 0 N–H and O–H groups in total. The Labute approximate surface area is 99.6 Å². The summed E-state index contributed by atoms with van der Waals surface area (Å²) in [5.41, 5.74) is -0.758. The molecular formula is C10H17NO6. The maximum absolute atomic E-state index is 11.6. The lowest BCUT2D eigenvalue weighted by molar-refractivity contribution is -0.186. The minimum atomic E-state index is -0.932. The summed E-state index contributed by atoms with van der Waals surface area (Å²) < 4.78 is 9.31. The molecule has 0 aliphatic heterocycles. The maximum atomic E-state index is 11.6. The second-order valence-corrected chi connectivity index (χ2v) is 4.18. The fourth-order valence-corrected chi connectivity index (χ4v) is 0.784. The van der Waals surface area contributed by atoms with Crippen molar-refractivity contribution < 1.29 is 28.7 Å². The Bertz CT molecular complexity index is 306. The van der Waals surface area contributed by atoms with Crippen LogP contribution in [-0.2, 0) is 23.9 Å². The average molecular weight is 247 g/mol. The molecule has 0 spiro atoms. The number of amides is 1. The second-order valence-electron chi connectivity index (χ2n) is 4.18. The third-order valence-electron chi connectivity index (χ3n) is 1.34. The van der Waals surface area contributed by atoms with Crippen LogP contribution in [0, 0.1) is 0 Å². The van der Waals surface area contributed by atoms with Gasteiger partial charge in [0, 0.05) is 6.92 Å². The molecule has 0 aliphatic carbocycles. The summed E-state index contributed by atoms with van der Waals surface area (Å²) in [5, 5.41) is 0.513. The van der Waals surface area contributed by atoms with Crippen LogP contribution >= 0.6 is 0 Å². The van der Waals surface area contributed by atoms with Crippen LogP contribution < -0.4 is 0 Å². The summed E-state index contributed by atoms with van der Waals surface area (Å²) in [6.45, 7) is 5.53. The van der Waals surface area contributed by atoms with Crippen molar-refractivity contribution in [2.75, 3.05) is 13.7 Å². The van der Waals surface area contributed by atoms with Crippen LogP contribution in [0.3, 0.4) is 0 Å². The molecule has 7 nitrogen and oxygen atoms in total. The lowest BCUT2D eigenvalue weighted by Gasteiger charge is -2.24. The van der Waals surface area contributed by atoms with E-state index in [0.29, 0.717) is 5.06 Å². The molecule has 98 valence electrons. The van der Waals surface area contributed by atoms with Gasteiger partial charge in [-0.15, -0.1) is 5.06 Å². The number of hydrogen-bond acceptors (Lipinski definition) is 6. The maximum Gasteiger partial charge on any atom is 0.444 e. The van der Waals surface area contributed by atoms with E-state index in [1.807, 2.05) is 0 Å². The lowest BCUT2D eigenvalue weighted by Crippen LogP contribution is -2.41. The monoisotopic (exact) mass is 247 g/mol. The zero-order chi connectivity index (χ0) is 13.6. The number of carbonyl (C=O) groups excluding carboxylic acids is 3. The molecule has 0 fully saturated rings. The van der Waals surface area contributed by atoms with Crippen molar-refractivity contribution in [2.24, 2.45) is 0 Å². The van der Waals surface area contributed by atoms with E-state index in [4.69, 9.17) is 4.74 Å². The van der Waals surface area contributed by atoms with E-state index in [-0.39, 0.29) is 0 Å². The number of rotatable bonds is 2. The molecule has 0 aromatic heterocycles. The molecule has 0 rings (SSSR count). The van der Waals surface area contributed by atoms with Gasteiger partial charge in [-0.05, 0) is 20.8 Å². The molecule has 0 heterocycles. The first kappa shape index (κ1) is 15.2. The minimum Gasteiger partial charge on any atom is -0.468 e. The van der Waals surface area contributed by atoms with Crippen LogP contribution in [0.5, 0.6) is 0 Å². The smallest absolute Gasteiger partial charge is 0.444 e. The first-order valence-electron chi connectivity index (χ1n) is 4.91. The molecule has 17 heavy (non-hydrogen) atoms. The molecule has 0 aromatic rings. The van der Waals surface area contributed by atoms with Crippen LogP contribution in [0.4, 0.5) is 4.79 Å². The summed E-state index contributed by atoms with van der Waals surface area (Å²) in [7, 11) is 1.16. The number of esters is 1. The number of carbonyl (C=O) groups is 3. The number of methoxy groups -OCH3 is 1. The summed E-state index contributed by atoms with van der Waals surface area (Å²) in [4.78, 5) is 37.9. The number of nitrogens with zero attached hydrogens (tertiary/aromatic N) is 1. The topological polar surface area (TPSA) is 82.1 Å². The van der Waals surface area contributed by atoms with E-state index in [1.165, 1.54) is 0 Å². The predicted octanol–water partition coefficient (Wildman–Crippen LogP) is 0.875. The van der Waals surface area contributed by atoms with E-state index >= 15 is 0 Å². The van der Waals surface area contributed by atoms with E-state index < -0.39 is 30.2 Å². The highest BCUT2D eigenvalue weighted by molar-refractivity contribution is 5.78. The third-order valence-corrected chi connectivity index (χ3v) is 1.34. The van der Waals surface area contributed by atoms with Crippen LogP contribution in [0.15, 0.2) is 0 Å². The van der Waals surface area contributed by atoms with Gasteiger partial charge < -0.3 is 14.3 Å². The molecule has 0 aromatic carbocycles. The van der Waals surface area contributed by atoms with Gasteiger partial charge >= 0.3 is 18.0 Å². The quantitative estimate of drug-likeness (QED) is 0.532. The summed E-state index contributed by atoms with van der Waals surface area (Å²) in [6.07, 6.45) is -0.932. The van der Waals surface area contributed by atoms with Crippen LogP contribution in [-0.4, -0.2) is 42.4 Å². The zero-order valence-electron chi connectivity index (χ0n) is 10.6. The van der Waals surface area contributed by atoms with Gasteiger partial charge in [0.15, 0.2) is 6.54 Å². The first-order chi connectivity index (χ1) is 7.65. The van der Waals surface area contributed by atoms with Gasteiger partial charge in [-0.25, -0.2) is 9.59 Å². The highest BCUT2D eigenvalue weighted by Crippen LogP contribution is 2.10. The molecule has 0 saturated heterocycles. The molecular weight excluding hydrogens is 230 g/mol. The van der Waals surface area contributed by atoms with E-state index in [9.17, 15) is 14.4 Å². The second kappa shape index (κ2) is 6.07. The highest BCUT2D eigenvalue weighted by atomic mass is 16.8. The molecule has 1 amide bonds. The van der Waals surface area contributed by atoms with Crippen molar-refractivity contribution in [3.05, 3.63) is 0 Å². The van der Waals surface area contributed by atoms with Crippen molar-refractivity contribution in [2.45, 2.75) is 33.3 Å². The fraction of sp³-hybridized carbons (Fsp3) is 0.700. The Morgan fingerprint density at radius 1 is 1.18 bits per heavy atom. The van der Waals surface area contributed by atoms with E-state index in [0.717, 1.165) is 14.0 Å². The number of hydroxylamine groups is 2. The molecule has 0 atom stereocenters. The Kier molecular flexibility index (Phi) is 5.43. The summed E-state index contributed by atoms with van der Waals surface area (Å²) >= 11 is 0. The Balaban J connectivity index is 4.61. The normalized spacial score (nSPS) is 10.4. The van der Waals surface area contributed by atoms with Crippen LogP contribution in [0.2, 0.25) is 0 Å². The van der Waals surface area contributed by atoms with Gasteiger partial charge in [0.05, 0.1) is 7.11 Å². The van der Waals surface area contributed by atoms with Gasteiger partial charge in [0.25, 0.3) is 0 Å². The van der Waals surface area contributed by atoms with Crippen molar-refractivity contribution in [3.63, 3.8) is 0 Å². The molecule has 0 unspecified atom stereocenters. The third kappa shape index (κ3) is 7.15. The zero-order valence-corrected chi connectivity index (χ0v) is 10.6. The minimum absolute atomic E-state index is 0.513. The van der Waals surface area contributed by atoms with Crippen LogP contribution in [0.25, 0.3) is 0 Å². The fourth-order valence-electron chi connectivity index (χ4n) is 0.784. The number of hydrogen-bond donors (Lipinski definition) is 0. The molecule has 0 aliphatic rings. The van der Waals surface area contributed by atoms with Gasteiger partial charge in [-0.1, -0.05) is 0 Å². The number of ether oxygens (including phenoxy) is 2. The summed E-state index contributed by atoms with van der Waals surface area (Å²) in [6, 6.07) is 0. The Hall–Kier alpha value is -1.79. The first-order valence-corrected chi connectivity index (χ1v) is 4.91. The van der Waals surface area contributed by atoms with Gasteiger partial charge in [0.2, 0.25) is 0 Å². The lowest BCUT2D eigenvalue weighted by atomic mass is 10.2. The van der Waals surface area contributed by atoms with Crippen molar-refractivity contribution >= 4 is 18.0 Å². The van der Waals surface area contributed by atoms with Gasteiger partial charge in [0.1, 0.15) is 5.60 Å². The SMILES string of the molecule is COC(=O)CN(OC(C)=O)C(=O)OC(C)(C)C. The van der Waals surface area contributed by atoms with E-state index in [2.05, 4.69) is 9.57 Å². The van der Waals surface area contributed by atoms with Gasteiger partial charge in [-0.2, -0.15) is 0 Å². The van der Waals surface area contributed by atoms with Gasteiger partial charge in [-0.3, -0.25) is 4.79 Å². The summed E-state index contributed by atoms with van der Waals surface area (Å²) in [5.74, 6) is -1.46. The molecule has 7 heteroatoms.